The van der Waals surface area contributed by atoms with Crippen LogP contribution in [-0.4, -0.2) is 31.3 Å². The second-order valence-corrected chi connectivity index (χ2v) is 34.3. The van der Waals surface area contributed by atoms with E-state index < -0.39 is 5.41 Å². The average molecular weight is 1610 g/mol. The minimum Gasteiger partial charge on any atom is -0.282 e. The third kappa shape index (κ3) is 16.3. The molecule has 602 valence electrons. The van der Waals surface area contributed by atoms with Crippen LogP contribution in [0.15, 0.2) is 441 Å². The Morgan fingerprint density at radius 3 is 1.29 bits per heavy atom. The van der Waals surface area contributed by atoms with Crippen LogP contribution in [0.4, 0.5) is 0 Å². The molecule has 0 saturated heterocycles. The van der Waals surface area contributed by atoms with Gasteiger partial charge in [-0.15, -0.1) is 0 Å². The van der Waals surface area contributed by atoms with Crippen LogP contribution in [0.25, 0.3) is 151 Å². The lowest BCUT2D eigenvalue weighted by molar-refractivity contribution is 0.634. The van der Waals surface area contributed by atoms with E-state index in [1.165, 1.54) is 100 Å². The molecular weight excluding hydrogens is 1510 g/mol. The van der Waals surface area contributed by atoms with Crippen molar-refractivity contribution in [1.82, 2.24) is 19.5 Å². The Morgan fingerprint density at radius 1 is 0.376 bits per heavy atom. The Balaban J connectivity index is 0.746. The van der Waals surface area contributed by atoms with Gasteiger partial charge in [0.25, 0.3) is 0 Å². The molecule has 0 radical (unpaired) electrons. The quantitative estimate of drug-likeness (QED) is 0.0674. The minimum atomic E-state index is -0.518. The van der Waals surface area contributed by atoms with Crippen molar-refractivity contribution >= 4 is 27.5 Å². The van der Waals surface area contributed by atoms with Gasteiger partial charge in [-0.3, -0.25) is 9.56 Å². The number of allylic oxidation sites excluding steroid dienone is 5. The molecule has 5 nitrogen and oxygen atoms in total. The second-order valence-electron chi connectivity index (χ2n) is 34.3. The number of aromatic nitrogens is 4. The Kier molecular flexibility index (Phi) is 21.8. The summed E-state index contributed by atoms with van der Waals surface area (Å²) in [6, 6.07) is 146. The van der Waals surface area contributed by atoms with E-state index in [9.17, 15) is 0 Å². The first-order valence-electron chi connectivity index (χ1n) is 44.2. The van der Waals surface area contributed by atoms with E-state index in [0.717, 1.165) is 102 Å². The number of aliphatic imine (C=N–C) groups is 1. The number of benzene rings is 16. The van der Waals surface area contributed by atoms with Gasteiger partial charge < -0.3 is 0 Å². The normalized spacial score (nSPS) is 14.9. The van der Waals surface area contributed by atoms with E-state index in [0.29, 0.717) is 24.0 Å². The fraction of sp³-hybridized carbons (Fsp3) is 0.117. The molecule has 4 atom stereocenters. The van der Waals surface area contributed by atoms with Gasteiger partial charge in [-0.1, -0.05) is 374 Å². The molecule has 5 heteroatoms. The Labute approximate surface area is 734 Å². The van der Waals surface area contributed by atoms with Crippen LogP contribution >= 0.6 is 0 Å². The molecule has 20 rings (SSSR count). The van der Waals surface area contributed by atoms with E-state index in [1.54, 1.807) is 0 Å². The van der Waals surface area contributed by atoms with Crippen molar-refractivity contribution < 1.29 is 0 Å². The molecule has 2 heterocycles. The summed E-state index contributed by atoms with van der Waals surface area (Å²) < 4.78 is 2.32. The van der Waals surface area contributed by atoms with E-state index >= 15 is 0 Å². The highest BCUT2D eigenvalue weighted by Gasteiger charge is 2.37. The minimum absolute atomic E-state index is 0.0192. The van der Waals surface area contributed by atoms with Gasteiger partial charge in [0.05, 0.1) is 17.1 Å². The first-order chi connectivity index (χ1) is 61.4. The smallest absolute Gasteiger partial charge is 0.238 e. The fourth-order valence-electron chi connectivity index (χ4n) is 19.3. The molecule has 2 aliphatic carbocycles. The van der Waals surface area contributed by atoms with Crippen molar-refractivity contribution in [2.75, 3.05) is 0 Å². The van der Waals surface area contributed by atoms with Crippen LogP contribution in [0.2, 0.25) is 0 Å². The highest BCUT2D eigenvalue weighted by Crippen LogP contribution is 2.50. The van der Waals surface area contributed by atoms with Crippen molar-refractivity contribution in [3.05, 3.63) is 469 Å². The zero-order valence-corrected chi connectivity index (χ0v) is 71.3. The van der Waals surface area contributed by atoms with Gasteiger partial charge >= 0.3 is 0 Å². The zero-order valence-electron chi connectivity index (χ0n) is 71.3. The first-order valence-corrected chi connectivity index (χ1v) is 44.2. The Bertz CT molecular complexity index is 6950. The lowest BCUT2D eigenvalue weighted by atomic mass is 9.74. The van der Waals surface area contributed by atoms with Crippen molar-refractivity contribution in [3.63, 3.8) is 0 Å². The van der Waals surface area contributed by atoms with Crippen LogP contribution in [0.5, 0.6) is 0 Å². The van der Waals surface area contributed by atoms with Gasteiger partial charge in [0.15, 0.2) is 11.6 Å². The topological polar surface area (TPSA) is 56.0 Å². The number of rotatable bonds is 21. The SMILES string of the molecule is CC/C(=C/C(C)c1ccccc1)C(CC1Cc2cc3c(cc2C(C)(C)c2cc(-c4cccc(-c5cc(-c6ccccc6)cc(-c6ccccc6)c5)c4)ccc21)c1ccccc1n3-c1nc(-c2ccccc2)nc(-c2cccc(-c3cc(-c4ccccc4)cc(-c4ccccc4)c3)c2)n1)=NC(C)C1=CC=CC(c2cc(-c3ccccc3)cc(-c3ccccc3)c2)C1. The largest absolute Gasteiger partial charge is 0.282 e. The third-order valence-electron chi connectivity index (χ3n) is 25.9. The molecule has 0 saturated carbocycles. The van der Waals surface area contributed by atoms with Gasteiger partial charge in [0.1, 0.15) is 0 Å². The van der Waals surface area contributed by atoms with Gasteiger partial charge in [-0.2, -0.15) is 9.97 Å². The number of hydrogen-bond acceptors (Lipinski definition) is 4. The molecule has 4 unspecified atom stereocenters. The molecule has 0 aliphatic heterocycles. The summed E-state index contributed by atoms with van der Waals surface area (Å²) in [7, 11) is 0. The van der Waals surface area contributed by atoms with E-state index in [-0.39, 0.29) is 23.8 Å². The summed E-state index contributed by atoms with van der Waals surface area (Å²) in [5.41, 5.74) is 36.0. The Hall–Kier alpha value is -14.8. The maximum absolute atomic E-state index is 6.19. The van der Waals surface area contributed by atoms with Gasteiger partial charge in [-0.25, -0.2) is 4.98 Å². The van der Waals surface area contributed by atoms with Crippen LogP contribution < -0.4 is 0 Å². The van der Waals surface area contributed by atoms with Crippen LogP contribution in [0, 0.1) is 0 Å². The van der Waals surface area contributed by atoms with Crippen molar-refractivity contribution in [1.29, 1.82) is 0 Å². The van der Waals surface area contributed by atoms with Gasteiger partial charge in [0.2, 0.25) is 5.95 Å². The summed E-state index contributed by atoms with van der Waals surface area (Å²) in [5, 5.41) is 2.26. The lowest BCUT2D eigenvalue weighted by Crippen LogP contribution is -2.21. The second kappa shape index (κ2) is 34.6. The zero-order chi connectivity index (χ0) is 84.3. The predicted molar refractivity (Wildman–Crippen MR) is 525 cm³/mol. The van der Waals surface area contributed by atoms with Crippen molar-refractivity contribution in [2.24, 2.45) is 4.99 Å². The highest BCUT2D eigenvalue weighted by atomic mass is 15.2. The standard InChI is InChI=1S/C120H97N5/c1-6-82(62-80(2)83-36-15-7-16-37-83)114(121-81(3)91-52-33-54-93(63-91)104-69-98(84-38-17-8-18-39-84)66-99(70-104)85-40-19-9-20-41-85)77-107-75-108-78-116-111(79-112(108)120(4,5)113-76-96(60-61-109(107)113)92-53-34-55-94(64-92)105-71-100(86-42-21-10-22-43-86)67-101(72-105)87-44-23-11-24-45-87)110-58-31-32-59-115(110)125(116)119-123-117(90-50-29-14-30-51-90)122-118(124-119)97-57-35-56-95(65-97)106-73-102(88-46-25-12-26-47-88)68-103(74-106)89-48-27-13-28-49-89/h7-62,64-74,76,78-81,93,107H,6,63,75,77H2,1-5H3/b82-62-,121-114?. The summed E-state index contributed by atoms with van der Waals surface area (Å²) in [6.45, 7) is 12.0. The fourth-order valence-corrected chi connectivity index (χ4v) is 19.3. The lowest BCUT2D eigenvalue weighted by Gasteiger charge is -2.30. The molecule has 0 bridgehead atoms. The average Bonchev–Trinajstić information content (AvgIpc) is 1.56. The molecule has 0 N–H and O–H groups in total. The molecule has 2 aromatic heterocycles. The summed E-state index contributed by atoms with van der Waals surface area (Å²) >= 11 is 0. The molecule has 0 fully saturated rings. The van der Waals surface area contributed by atoms with Crippen LogP contribution in [0.1, 0.15) is 105 Å². The third-order valence-corrected chi connectivity index (χ3v) is 25.9. The molecule has 0 spiro atoms. The van der Waals surface area contributed by atoms with Crippen LogP contribution in [-0.2, 0) is 11.8 Å². The predicted octanol–water partition coefficient (Wildman–Crippen LogP) is 31.3. The Morgan fingerprint density at radius 2 is 0.784 bits per heavy atom. The van der Waals surface area contributed by atoms with Gasteiger partial charge in [-0.05, 0) is 268 Å². The van der Waals surface area contributed by atoms with Gasteiger partial charge in [0, 0.05) is 38.9 Å². The molecule has 16 aromatic carbocycles. The number of nitrogens with zero attached hydrogens (tertiary/aromatic N) is 5. The highest BCUT2D eigenvalue weighted by molar-refractivity contribution is 6.10. The molecular formula is C120H97N5. The molecule has 2 aliphatic rings. The molecule has 125 heavy (non-hydrogen) atoms. The van der Waals surface area contributed by atoms with E-state index in [2.05, 4.69) is 464 Å². The maximum Gasteiger partial charge on any atom is 0.238 e. The number of fused-ring (bicyclic) bond motifs is 5. The summed E-state index contributed by atoms with van der Waals surface area (Å²) in [6.07, 6.45) is 12.7. The first kappa shape index (κ1) is 78.7. The van der Waals surface area contributed by atoms with Crippen molar-refractivity contribution in [3.8, 4) is 129 Å². The number of para-hydroxylation sites is 1. The van der Waals surface area contributed by atoms with E-state index in [1.807, 2.05) is 0 Å². The van der Waals surface area contributed by atoms with E-state index in [4.69, 9.17) is 19.9 Å². The molecule has 0 amide bonds. The summed E-state index contributed by atoms with van der Waals surface area (Å²) in [5.74, 6) is 1.99. The van der Waals surface area contributed by atoms with Crippen molar-refractivity contribution in [2.45, 2.75) is 89.5 Å². The number of hydrogen-bond donors (Lipinski definition) is 0. The monoisotopic (exact) mass is 1610 g/mol. The summed E-state index contributed by atoms with van der Waals surface area (Å²) in [4.78, 5) is 22.9. The molecule has 18 aromatic rings. The van der Waals surface area contributed by atoms with Crippen LogP contribution in [0.3, 0.4) is 0 Å². The maximum atomic E-state index is 6.19.